The number of aromatic nitrogens is 1. The van der Waals surface area contributed by atoms with Crippen molar-refractivity contribution < 1.29 is 13.9 Å². The second-order valence-corrected chi connectivity index (χ2v) is 4.13. The summed E-state index contributed by atoms with van der Waals surface area (Å²) in [6.07, 6.45) is 0. The van der Waals surface area contributed by atoms with E-state index in [0.29, 0.717) is 28.6 Å². The molecule has 0 saturated heterocycles. The van der Waals surface area contributed by atoms with Crippen molar-refractivity contribution in [2.45, 2.75) is 13.8 Å². The lowest BCUT2D eigenvalue weighted by atomic mass is 10.2. The fourth-order valence-electron chi connectivity index (χ4n) is 1.79. The van der Waals surface area contributed by atoms with Crippen LogP contribution in [-0.4, -0.2) is 18.0 Å². The normalized spacial score (nSPS) is 9.90. The van der Waals surface area contributed by atoms with Crippen LogP contribution in [0.4, 0.5) is 5.69 Å². The molecule has 20 heavy (non-hydrogen) atoms. The maximum atomic E-state index is 12.1. The summed E-state index contributed by atoms with van der Waals surface area (Å²) in [5.41, 5.74) is 1.43. The first kappa shape index (κ1) is 13.6. The topological polar surface area (TPSA) is 88.1 Å². The van der Waals surface area contributed by atoms with Gasteiger partial charge in [0, 0.05) is 13.0 Å². The Hall–Kier alpha value is -2.81. The van der Waals surface area contributed by atoms with E-state index in [1.54, 1.807) is 32.0 Å². The van der Waals surface area contributed by atoms with Crippen LogP contribution >= 0.6 is 0 Å². The Labute approximate surface area is 116 Å². The molecule has 0 bridgehead atoms. The molecule has 1 aromatic heterocycles. The van der Waals surface area contributed by atoms with Crippen LogP contribution in [0.5, 0.6) is 5.75 Å². The van der Waals surface area contributed by atoms with E-state index in [1.807, 2.05) is 6.07 Å². The summed E-state index contributed by atoms with van der Waals surface area (Å²) in [5, 5.41) is 11.5. The van der Waals surface area contributed by atoms with E-state index in [9.17, 15) is 4.79 Å². The van der Waals surface area contributed by atoms with Gasteiger partial charge in [0.05, 0.1) is 30.1 Å². The SMILES string of the molecule is COc1cc(C#N)ccc1NC(=O)c1oc(C)nc1C. The molecule has 102 valence electrons. The van der Waals surface area contributed by atoms with Crippen LogP contribution in [0, 0.1) is 25.2 Å². The lowest BCUT2D eigenvalue weighted by Gasteiger charge is -2.09. The number of nitrogens with zero attached hydrogens (tertiary/aromatic N) is 2. The number of methoxy groups -OCH3 is 1. The highest BCUT2D eigenvalue weighted by atomic mass is 16.5. The van der Waals surface area contributed by atoms with Crippen LogP contribution in [0.15, 0.2) is 22.6 Å². The molecular formula is C14H13N3O3. The number of benzene rings is 1. The third-order valence-electron chi connectivity index (χ3n) is 2.69. The number of nitrogens with one attached hydrogen (secondary N) is 1. The standard InChI is InChI=1S/C14H13N3O3/c1-8-13(20-9(2)16-8)14(18)17-11-5-4-10(7-15)6-12(11)19-3/h4-6H,1-3H3,(H,17,18). The Morgan fingerprint density at radius 3 is 2.75 bits per heavy atom. The largest absolute Gasteiger partial charge is 0.495 e. The average Bonchev–Trinajstić information content (AvgIpc) is 2.78. The molecule has 0 aliphatic heterocycles. The van der Waals surface area contributed by atoms with E-state index in [-0.39, 0.29) is 5.76 Å². The Morgan fingerprint density at radius 2 is 2.20 bits per heavy atom. The number of oxazole rings is 1. The lowest BCUT2D eigenvalue weighted by Crippen LogP contribution is -2.13. The summed E-state index contributed by atoms with van der Waals surface area (Å²) in [5.74, 6) is 0.589. The van der Waals surface area contributed by atoms with Gasteiger partial charge in [-0.3, -0.25) is 4.79 Å². The van der Waals surface area contributed by atoms with Crippen molar-refractivity contribution >= 4 is 11.6 Å². The van der Waals surface area contributed by atoms with Crippen molar-refractivity contribution in [3.05, 3.63) is 41.1 Å². The van der Waals surface area contributed by atoms with Crippen LogP contribution in [0.2, 0.25) is 0 Å². The Kier molecular flexibility index (Phi) is 3.71. The van der Waals surface area contributed by atoms with Crippen molar-refractivity contribution in [3.8, 4) is 11.8 Å². The molecule has 1 N–H and O–H groups in total. The van der Waals surface area contributed by atoms with Crippen molar-refractivity contribution in [1.29, 1.82) is 5.26 Å². The molecule has 6 heteroatoms. The average molecular weight is 271 g/mol. The molecule has 0 saturated carbocycles. The number of nitriles is 1. The first-order valence-electron chi connectivity index (χ1n) is 5.88. The van der Waals surface area contributed by atoms with Gasteiger partial charge in [-0.1, -0.05) is 0 Å². The van der Waals surface area contributed by atoms with Gasteiger partial charge in [0.1, 0.15) is 5.75 Å². The molecule has 1 heterocycles. The minimum Gasteiger partial charge on any atom is -0.495 e. The smallest absolute Gasteiger partial charge is 0.293 e. The molecule has 0 unspecified atom stereocenters. The molecule has 0 aliphatic carbocycles. The monoisotopic (exact) mass is 271 g/mol. The summed E-state index contributed by atoms with van der Waals surface area (Å²) >= 11 is 0. The molecular weight excluding hydrogens is 258 g/mol. The number of aryl methyl sites for hydroxylation is 2. The minimum atomic E-state index is -0.411. The lowest BCUT2D eigenvalue weighted by molar-refractivity contribution is 0.0994. The van der Waals surface area contributed by atoms with E-state index in [1.165, 1.54) is 7.11 Å². The second-order valence-electron chi connectivity index (χ2n) is 4.13. The molecule has 0 radical (unpaired) electrons. The van der Waals surface area contributed by atoms with Crippen LogP contribution in [0.3, 0.4) is 0 Å². The molecule has 1 amide bonds. The number of hydrogen-bond donors (Lipinski definition) is 1. The van der Waals surface area contributed by atoms with Crippen molar-refractivity contribution in [2.75, 3.05) is 12.4 Å². The quantitative estimate of drug-likeness (QED) is 0.926. The van der Waals surface area contributed by atoms with Gasteiger partial charge in [0.25, 0.3) is 5.91 Å². The van der Waals surface area contributed by atoms with Gasteiger partial charge in [0.15, 0.2) is 5.89 Å². The third kappa shape index (κ3) is 2.62. The van der Waals surface area contributed by atoms with Gasteiger partial charge < -0.3 is 14.5 Å². The van der Waals surface area contributed by atoms with Crippen LogP contribution < -0.4 is 10.1 Å². The predicted octanol–water partition coefficient (Wildman–Crippen LogP) is 2.42. The molecule has 6 nitrogen and oxygen atoms in total. The number of ether oxygens (including phenoxy) is 1. The maximum Gasteiger partial charge on any atom is 0.293 e. The van der Waals surface area contributed by atoms with Crippen LogP contribution in [-0.2, 0) is 0 Å². The van der Waals surface area contributed by atoms with E-state index in [4.69, 9.17) is 14.4 Å². The predicted molar refractivity (Wildman–Crippen MR) is 71.6 cm³/mol. The fraction of sp³-hybridized carbons (Fsp3) is 0.214. The highest BCUT2D eigenvalue weighted by molar-refractivity contribution is 6.03. The van der Waals surface area contributed by atoms with E-state index < -0.39 is 5.91 Å². The Bertz CT molecular complexity index is 698. The van der Waals surface area contributed by atoms with Gasteiger partial charge >= 0.3 is 0 Å². The van der Waals surface area contributed by atoms with Crippen molar-refractivity contribution in [1.82, 2.24) is 4.98 Å². The zero-order valence-corrected chi connectivity index (χ0v) is 11.4. The number of anilines is 1. The Morgan fingerprint density at radius 1 is 1.45 bits per heavy atom. The summed E-state index contributed by atoms with van der Waals surface area (Å²) in [4.78, 5) is 16.1. The van der Waals surface area contributed by atoms with Gasteiger partial charge in [-0.2, -0.15) is 5.26 Å². The summed E-state index contributed by atoms with van der Waals surface area (Å²) in [7, 11) is 1.47. The zero-order chi connectivity index (χ0) is 14.7. The molecule has 0 aliphatic rings. The number of amides is 1. The number of hydrogen-bond acceptors (Lipinski definition) is 5. The van der Waals surface area contributed by atoms with Gasteiger partial charge in [-0.05, 0) is 19.1 Å². The van der Waals surface area contributed by atoms with E-state index >= 15 is 0 Å². The van der Waals surface area contributed by atoms with Gasteiger partial charge in [0.2, 0.25) is 5.76 Å². The second kappa shape index (κ2) is 5.45. The fourth-order valence-corrected chi connectivity index (χ4v) is 1.79. The number of carbonyl (C=O) groups excluding carboxylic acids is 1. The van der Waals surface area contributed by atoms with Crippen LogP contribution in [0.1, 0.15) is 27.7 Å². The summed E-state index contributed by atoms with van der Waals surface area (Å²) in [6.45, 7) is 3.37. The first-order chi connectivity index (χ1) is 9.55. The molecule has 2 aromatic rings. The van der Waals surface area contributed by atoms with E-state index in [0.717, 1.165) is 0 Å². The first-order valence-corrected chi connectivity index (χ1v) is 5.88. The van der Waals surface area contributed by atoms with Crippen LogP contribution in [0.25, 0.3) is 0 Å². The molecule has 0 spiro atoms. The van der Waals surface area contributed by atoms with Crippen molar-refractivity contribution in [2.24, 2.45) is 0 Å². The molecule has 1 aromatic carbocycles. The molecule has 0 atom stereocenters. The molecule has 2 rings (SSSR count). The van der Waals surface area contributed by atoms with Crippen molar-refractivity contribution in [3.63, 3.8) is 0 Å². The van der Waals surface area contributed by atoms with Gasteiger partial charge in [-0.15, -0.1) is 0 Å². The van der Waals surface area contributed by atoms with Gasteiger partial charge in [-0.25, -0.2) is 4.98 Å². The Balaban J connectivity index is 2.28. The highest BCUT2D eigenvalue weighted by Gasteiger charge is 2.17. The zero-order valence-electron chi connectivity index (χ0n) is 11.4. The number of rotatable bonds is 3. The maximum absolute atomic E-state index is 12.1. The minimum absolute atomic E-state index is 0.161. The molecule has 0 fully saturated rings. The summed E-state index contributed by atoms with van der Waals surface area (Å²) in [6, 6.07) is 6.75. The number of carbonyl (C=O) groups is 1. The highest BCUT2D eigenvalue weighted by Crippen LogP contribution is 2.26. The summed E-state index contributed by atoms with van der Waals surface area (Å²) < 4.78 is 10.4. The van der Waals surface area contributed by atoms with E-state index in [2.05, 4.69) is 10.3 Å². The third-order valence-corrected chi connectivity index (χ3v) is 2.69.